The van der Waals surface area contributed by atoms with Crippen molar-refractivity contribution in [2.75, 3.05) is 20.1 Å². The molecule has 0 spiro atoms. The van der Waals surface area contributed by atoms with E-state index in [0.717, 1.165) is 41.4 Å². The highest BCUT2D eigenvalue weighted by Crippen LogP contribution is 2.18. The summed E-state index contributed by atoms with van der Waals surface area (Å²) in [6.07, 6.45) is 2.77. The van der Waals surface area contributed by atoms with Gasteiger partial charge in [0.2, 0.25) is 5.89 Å². The smallest absolute Gasteiger partial charge is 0.330 e. The van der Waals surface area contributed by atoms with Gasteiger partial charge in [-0.05, 0) is 20.4 Å². The third kappa shape index (κ3) is 3.74. The molecule has 1 atom stereocenters. The van der Waals surface area contributed by atoms with E-state index in [1.807, 2.05) is 6.92 Å². The summed E-state index contributed by atoms with van der Waals surface area (Å²) >= 11 is 0. The van der Waals surface area contributed by atoms with Gasteiger partial charge < -0.3 is 4.42 Å². The van der Waals surface area contributed by atoms with E-state index in [1.54, 1.807) is 23.9 Å². The summed E-state index contributed by atoms with van der Waals surface area (Å²) < 4.78 is 8.22. The van der Waals surface area contributed by atoms with Crippen molar-refractivity contribution in [2.24, 2.45) is 14.1 Å². The van der Waals surface area contributed by atoms with Gasteiger partial charge in [-0.2, -0.15) is 0 Å². The Morgan fingerprint density at radius 1 is 1.32 bits per heavy atom. The number of rotatable bonds is 5. The Morgan fingerprint density at radius 2 is 2.08 bits per heavy atom. The predicted octanol–water partition coefficient (Wildman–Crippen LogP) is 0.0867. The highest BCUT2D eigenvalue weighted by molar-refractivity contribution is 5.03. The molecule has 1 aliphatic rings. The molecule has 0 aliphatic carbocycles. The Balaban J connectivity index is 1.63. The number of aryl methyl sites for hydroxylation is 1. The second-order valence-electron chi connectivity index (χ2n) is 6.83. The molecule has 25 heavy (non-hydrogen) atoms. The number of likely N-dealkylation sites (tertiary alicyclic amines) is 1. The van der Waals surface area contributed by atoms with Gasteiger partial charge in [0.15, 0.2) is 0 Å². The lowest BCUT2D eigenvalue weighted by atomic mass is 10.2. The van der Waals surface area contributed by atoms with Crippen molar-refractivity contribution in [1.82, 2.24) is 23.9 Å². The molecule has 0 amide bonds. The summed E-state index contributed by atoms with van der Waals surface area (Å²) in [4.78, 5) is 32.7. The number of hydrogen-bond acceptors (Lipinski definition) is 6. The predicted molar refractivity (Wildman–Crippen MR) is 93.3 cm³/mol. The van der Waals surface area contributed by atoms with Gasteiger partial charge in [0.05, 0.1) is 12.7 Å². The molecule has 1 saturated heterocycles. The molecule has 1 aliphatic heterocycles. The van der Waals surface area contributed by atoms with Crippen LogP contribution < -0.4 is 11.2 Å². The standard InChI is InChI=1S/C17H25N5O3/c1-12-8-18-15(25-12)11-19(2)13-5-6-22(9-13)10-14-7-16(23)21(4)17(24)20(14)3/h7-8,13H,5-6,9-11H2,1-4H3/t13-/m1/s1. The van der Waals surface area contributed by atoms with Crippen molar-refractivity contribution in [3.05, 3.63) is 50.4 Å². The lowest BCUT2D eigenvalue weighted by Crippen LogP contribution is -2.40. The minimum atomic E-state index is -0.283. The van der Waals surface area contributed by atoms with Gasteiger partial charge in [-0.25, -0.2) is 9.78 Å². The Hall–Kier alpha value is -2.19. The minimum absolute atomic E-state index is 0.259. The van der Waals surface area contributed by atoms with Crippen LogP contribution in [0.15, 0.2) is 26.3 Å². The SMILES string of the molecule is Cc1cnc(CN(C)[C@@H]2CCN(Cc3cc(=O)n(C)c(=O)n3C)C2)o1. The van der Waals surface area contributed by atoms with Gasteiger partial charge in [0.25, 0.3) is 5.56 Å². The second-order valence-corrected chi connectivity index (χ2v) is 6.83. The highest BCUT2D eigenvalue weighted by Gasteiger charge is 2.27. The van der Waals surface area contributed by atoms with Crippen molar-refractivity contribution < 1.29 is 4.42 Å². The maximum absolute atomic E-state index is 12.0. The monoisotopic (exact) mass is 347 g/mol. The third-order valence-corrected chi connectivity index (χ3v) is 4.94. The quantitative estimate of drug-likeness (QED) is 0.763. The normalized spacial score (nSPS) is 18.4. The number of likely N-dealkylation sites (N-methyl/N-ethyl adjacent to an activating group) is 1. The molecule has 3 heterocycles. The largest absolute Gasteiger partial charge is 0.445 e. The fourth-order valence-corrected chi connectivity index (χ4v) is 3.29. The molecule has 8 heteroatoms. The van der Waals surface area contributed by atoms with Crippen molar-refractivity contribution >= 4 is 0 Å². The summed E-state index contributed by atoms with van der Waals surface area (Å²) in [6.45, 7) is 4.99. The lowest BCUT2D eigenvalue weighted by molar-refractivity contribution is 0.203. The zero-order valence-electron chi connectivity index (χ0n) is 15.2. The Labute approximate surface area is 146 Å². The highest BCUT2D eigenvalue weighted by atomic mass is 16.4. The molecule has 0 radical (unpaired) electrons. The third-order valence-electron chi connectivity index (χ3n) is 4.94. The molecule has 0 bridgehead atoms. The second kappa shape index (κ2) is 6.97. The molecule has 0 N–H and O–H groups in total. The zero-order valence-corrected chi connectivity index (χ0v) is 15.2. The summed E-state index contributed by atoms with van der Waals surface area (Å²) in [6, 6.07) is 1.95. The number of nitrogens with zero attached hydrogens (tertiary/aromatic N) is 5. The van der Waals surface area contributed by atoms with E-state index in [-0.39, 0.29) is 11.2 Å². The van der Waals surface area contributed by atoms with Crippen LogP contribution in [-0.4, -0.2) is 50.1 Å². The minimum Gasteiger partial charge on any atom is -0.445 e. The van der Waals surface area contributed by atoms with Gasteiger partial charge in [-0.3, -0.25) is 23.7 Å². The summed E-state index contributed by atoms with van der Waals surface area (Å²) in [7, 11) is 5.28. The number of oxazole rings is 1. The molecule has 0 saturated carbocycles. The molecule has 3 rings (SSSR count). The van der Waals surface area contributed by atoms with Crippen LogP contribution in [0.1, 0.15) is 23.8 Å². The summed E-state index contributed by atoms with van der Waals surface area (Å²) in [5, 5.41) is 0. The topological polar surface area (TPSA) is 76.5 Å². The first-order valence-electron chi connectivity index (χ1n) is 8.45. The number of hydrogen-bond donors (Lipinski definition) is 0. The van der Waals surface area contributed by atoms with Gasteiger partial charge >= 0.3 is 5.69 Å². The summed E-state index contributed by atoms with van der Waals surface area (Å²) in [5.41, 5.74) is 0.208. The van der Waals surface area contributed by atoms with E-state index in [9.17, 15) is 9.59 Å². The van der Waals surface area contributed by atoms with Crippen LogP contribution in [0.5, 0.6) is 0 Å². The van der Waals surface area contributed by atoms with Crippen molar-refractivity contribution in [2.45, 2.75) is 32.5 Å². The van der Waals surface area contributed by atoms with Crippen molar-refractivity contribution in [1.29, 1.82) is 0 Å². The van der Waals surface area contributed by atoms with Crippen LogP contribution in [0.4, 0.5) is 0 Å². The molecule has 2 aromatic heterocycles. The molecular weight excluding hydrogens is 322 g/mol. The first kappa shape index (κ1) is 17.6. The Bertz CT molecular complexity index is 866. The Kier molecular flexibility index (Phi) is 4.91. The Morgan fingerprint density at radius 3 is 2.76 bits per heavy atom. The van der Waals surface area contributed by atoms with Crippen LogP contribution in [-0.2, 0) is 27.2 Å². The molecule has 136 valence electrons. The van der Waals surface area contributed by atoms with Gasteiger partial charge in [-0.1, -0.05) is 0 Å². The molecular formula is C17H25N5O3. The van der Waals surface area contributed by atoms with Crippen molar-refractivity contribution in [3.63, 3.8) is 0 Å². The molecule has 0 unspecified atom stereocenters. The molecule has 8 nitrogen and oxygen atoms in total. The van der Waals surface area contributed by atoms with Crippen LogP contribution in [0.25, 0.3) is 0 Å². The van der Waals surface area contributed by atoms with Gasteiger partial charge in [-0.15, -0.1) is 0 Å². The molecule has 1 fully saturated rings. The average molecular weight is 347 g/mol. The fourth-order valence-electron chi connectivity index (χ4n) is 3.29. The number of aromatic nitrogens is 3. The van der Waals surface area contributed by atoms with Crippen LogP contribution in [0.3, 0.4) is 0 Å². The first-order chi connectivity index (χ1) is 11.8. The van der Waals surface area contributed by atoms with E-state index in [4.69, 9.17) is 4.42 Å². The fraction of sp³-hybridized carbons (Fsp3) is 0.588. The maximum Gasteiger partial charge on any atom is 0.330 e. The van der Waals surface area contributed by atoms with E-state index < -0.39 is 0 Å². The average Bonchev–Trinajstić information content (AvgIpc) is 3.19. The van der Waals surface area contributed by atoms with Gasteiger partial charge in [0, 0.05) is 51.5 Å². The van der Waals surface area contributed by atoms with E-state index in [2.05, 4.69) is 21.8 Å². The van der Waals surface area contributed by atoms with E-state index >= 15 is 0 Å². The van der Waals surface area contributed by atoms with Crippen LogP contribution >= 0.6 is 0 Å². The molecule has 2 aromatic rings. The van der Waals surface area contributed by atoms with Gasteiger partial charge in [0.1, 0.15) is 5.76 Å². The van der Waals surface area contributed by atoms with Crippen LogP contribution in [0, 0.1) is 6.92 Å². The van der Waals surface area contributed by atoms with E-state index in [0.29, 0.717) is 19.1 Å². The van der Waals surface area contributed by atoms with E-state index in [1.165, 1.54) is 7.05 Å². The lowest BCUT2D eigenvalue weighted by Gasteiger charge is -2.23. The zero-order chi connectivity index (χ0) is 18.1. The molecule has 0 aromatic carbocycles. The van der Waals surface area contributed by atoms with Crippen LogP contribution in [0.2, 0.25) is 0 Å². The van der Waals surface area contributed by atoms with Crippen molar-refractivity contribution in [3.8, 4) is 0 Å². The first-order valence-corrected chi connectivity index (χ1v) is 8.45. The maximum atomic E-state index is 12.0. The summed E-state index contributed by atoms with van der Waals surface area (Å²) in [5.74, 6) is 1.55.